The minimum absolute atomic E-state index is 0.00424. The summed E-state index contributed by atoms with van der Waals surface area (Å²) in [5.41, 5.74) is 0. The van der Waals surface area contributed by atoms with Crippen molar-refractivity contribution in [2.45, 2.75) is 309 Å². The van der Waals surface area contributed by atoms with E-state index in [9.17, 15) is 19.8 Å². The Morgan fingerprint density at radius 1 is 0.424 bits per heavy atom. The van der Waals surface area contributed by atoms with E-state index < -0.39 is 12.1 Å². The van der Waals surface area contributed by atoms with Crippen LogP contribution in [0.2, 0.25) is 0 Å². The zero-order valence-electron chi connectivity index (χ0n) is 43.9. The van der Waals surface area contributed by atoms with Crippen molar-refractivity contribution in [3.05, 3.63) is 48.6 Å². The maximum Gasteiger partial charge on any atom is 0.305 e. The molecular formula is C60H111NO5. The largest absolute Gasteiger partial charge is 0.466 e. The molecule has 0 aromatic rings. The third-order valence-electron chi connectivity index (χ3n) is 13.1. The van der Waals surface area contributed by atoms with E-state index in [-0.39, 0.29) is 18.5 Å². The van der Waals surface area contributed by atoms with Crippen molar-refractivity contribution in [2.75, 3.05) is 13.2 Å². The third kappa shape index (κ3) is 51.2. The van der Waals surface area contributed by atoms with E-state index in [2.05, 4.69) is 55.6 Å². The van der Waals surface area contributed by atoms with E-state index >= 15 is 0 Å². The smallest absolute Gasteiger partial charge is 0.305 e. The van der Waals surface area contributed by atoms with Gasteiger partial charge < -0.3 is 20.3 Å². The molecular weight excluding hydrogens is 815 g/mol. The van der Waals surface area contributed by atoms with Crippen molar-refractivity contribution in [2.24, 2.45) is 0 Å². The van der Waals surface area contributed by atoms with Gasteiger partial charge in [-0.2, -0.15) is 0 Å². The lowest BCUT2D eigenvalue weighted by atomic mass is 10.0. The molecule has 0 spiro atoms. The summed E-state index contributed by atoms with van der Waals surface area (Å²) in [7, 11) is 0. The normalized spacial score (nSPS) is 13.0. The SMILES string of the molecule is CCCCC/C=C\CCCCCCCC(=O)OCCCCCCCCCCC/C=C\C/C=C\CCCCCCCCCC(=O)NC(CO)C(O)/C=C/CCCCCCCCCCCCCC. The molecule has 0 aromatic carbocycles. The first-order chi connectivity index (χ1) is 32.5. The zero-order valence-corrected chi connectivity index (χ0v) is 43.9. The second-order valence-electron chi connectivity index (χ2n) is 19.6. The Bertz CT molecular complexity index is 1110. The number of amides is 1. The predicted molar refractivity (Wildman–Crippen MR) is 287 cm³/mol. The number of aliphatic hydroxyl groups is 2. The van der Waals surface area contributed by atoms with Crippen molar-refractivity contribution in [1.29, 1.82) is 0 Å². The van der Waals surface area contributed by atoms with Gasteiger partial charge in [0.25, 0.3) is 0 Å². The van der Waals surface area contributed by atoms with E-state index in [1.54, 1.807) is 6.08 Å². The summed E-state index contributed by atoms with van der Waals surface area (Å²) in [6.45, 7) is 4.86. The van der Waals surface area contributed by atoms with Crippen LogP contribution in [0.5, 0.6) is 0 Å². The minimum Gasteiger partial charge on any atom is -0.466 e. The van der Waals surface area contributed by atoms with Crippen molar-refractivity contribution < 1.29 is 24.5 Å². The fourth-order valence-corrected chi connectivity index (χ4v) is 8.60. The summed E-state index contributed by atoms with van der Waals surface area (Å²) in [6.07, 6.45) is 69.9. The molecule has 0 radical (unpaired) electrons. The van der Waals surface area contributed by atoms with E-state index in [0.717, 1.165) is 64.2 Å². The fraction of sp³-hybridized carbons (Fsp3) is 0.833. The zero-order chi connectivity index (χ0) is 47.9. The lowest BCUT2D eigenvalue weighted by Crippen LogP contribution is -2.45. The summed E-state index contributed by atoms with van der Waals surface area (Å²) >= 11 is 0. The number of hydrogen-bond donors (Lipinski definition) is 3. The molecule has 0 aromatic heterocycles. The number of nitrogens with one attached hydrogen (secondary N) is 1. The van der Waals surface area contributed by atoms with Gasteiger partial charge in [-0.15, -0.1) is 0 Å². The molecule has 6 nitrogen and oxygen atoms in total. The van der Waals surface area contributed by atoms with Crippen LogP contribution >= 0.6 is 0 Å². The van der Waals surface area contributed by atoms with Crippen LogP contribution in [-0.4, -0.2) is 47.4 Å². The van der Waals surface area contributed by atoms with Gasteiger partial charge in [0, 0.05) is 12.8 Å². The summed E-state index contributed by atoms with van der Waals surface area (Å²) < 4.78 is 5.45. The highest BCUT2D eigenvalue weighted by molar-refractivity contribution is 5.76. The van der Waals surface area contributed by atoms with E-state index in [4.69, 9.17) is 4.74 Å². The number of aliphatic hydroxyl groups excluding tert-OH is 2. The summed E-state index contributed by atoms with van der Waals surface area (Å²) in [5, 5.41) is 23.1. The number of unbranched alkanes of at least 4 members (excludes halogenated alkanes) is 36. The molecule has 0 bridgehead atoms. The van der Waals surface area contributed by atoms with Crippen LogP contribution in [0.4, 0.5) is 0 Å². The van der Waals surface area contributed by atoms with Crippen molar-refractivity contribution in [3.63, 3.8) is 0 Å². The van der Waals surface area contributed by atoms with Gasteiger partial charge in [0.1, 0.15) is 0 Å². The Hall–Kier alpha value is -2.18. The first kappa shape index (κ1) is 63.8. The molecule has 386 valence electrons. The molecule has 0 saturated carbocycles. The molecule has 0 aliphatic heterocycles. The number of allylic oxidation sites excluding steroid dienone is 7. The second-order valence-corrected chi connectivity index (χ2v) is 19.6. The highest BCUT2D eigenvalue weighted by Gasteiger charge is 2.18. The van der Waals surface area contributed by atoms with Crippen molar-refractivity contribution >= 4 is 11.9 Å². The topological polar surface area (TPSA) is 95.9 Å². The molecule has 0 aliphatic rings. The number of esters is 1. The Balaban J connectivity index is 3.49. The quantitative estimate of drug-likeness (QED) is 0.0321. The van der Waals surface area contributed by atoms with Crippen LogP contribution in [0.25, 0.3) is 0 Å². The maximum atomic E-state index is 12.4. The van der Waals surface area contributed by atoms with Crippen LogP contribution in [0, 0.1) is 0 Å². The van der Waals surface area contributed by atoms with Gasteiger partial charge in [0.15, 0.2) is 0 Å². The van der Waals surface area contributed by atoms with E-state index in [0.29, 0.717) is 19.4 Å². The van der Waals surface area contributed by atoms with Gasteiger partial charge in [-0.05, 0) is 89.9 Å². The Labute approximate surface area is 410 Å². The first-order valence-corrected chi connectivity index (χ1v) is 28.9. The van der Waals surface area contributed by atoms with Crippen molar-refractivity contribution in [3.8, 4) is 0 Å². The fourth-order valence-electron chi connectivity index (χ4n) is 8.60. The summed E-state index contributed by atoms with van der Waals surface area (Å²) in [4.78, 5) is 24.4. The molecule has 0 fully saturated rings. The molecule has 6 heteroatoms. The monoisotopic (exact) mass is 926 g/mol. The molecule has 0 saturated heterocycles. The van der Waals surface area contributed by atoms with Gasteiger partial charge in [-0.3, -0.25) is 9.59 Å². The average Bonchev–Trinajstić information content (AvgIpc) is 3.32. The summed E-state index contributed by atoms with van der Waals surface area (Å²) in [5.74, 6) is -0.0831. The summed E-state index contributed by atoms with van der Waals surface area (Å²) in [6, 6.07) is -0.636. The van der Waals surface area contributed by atoms with Crippen LogP contribution in [-0.2, 0) is 14.3 Å². The highest BCUT2D eigenvalue weighted by atomic mass is 16.5. The first-order valence-electron chi connectivity index (χ1n) is 28.9. The van der Waals surface area contributed by atoms with Crippen LogP contribution in [0.15, 0.2) is 48.6 Å². The number of carbonyl (C=O) groups is 2. The van der Waals surface area contributed by atoms with Crippen LogP contribution in [0.1, 0.15) is 296 Å². The molecule has 1 amide bonds. The number of hydrogen-bond acceptors (Lipinski definition) is 5. The van der Waals surface area contributed by atoms with E-state index in [1.807, 2.05) is 6.08 Å². The van der Waals surface area contributed by atoms with Crippen molar-refractivity contribution in [1.82, 2.24) is 5.32 Å². The maximum absolute atomic E-state index is 12.4. The molecule has 3 N–H and O–H groups in total. The van der Waals surface area contributed by atoms with Crippen LogP contribution < -0.4 is 5.32 Å². The van der Waals surface area contributed by atoms with Crippen LogP contribution in [0.3, 0.4) is 0 Å². The molecule has 0 aliphatic carbocycles. The number of carbonyl (C=O) groups excluding carboxylic acids is 2. The number of ether oxygens (including phenoxy) is 1. The molecule has 2 atom stereocenters. The van der Waals surface area contributed by atoms with E-state index in [1.165, 1.54) is 205 Å². The van der Waals surface area contributed by atoms with Gasteiger partial charge in [-0.1, -0.05) is 242 Å². The number of rotatable bonds is 53. The van der Waals surface area contributed by atoms with Gasteiger partial charge in [0.2, 0.25) is 5.91 Å². The second kappa shape index (κ2) is 55.4. The van der Waals surface area contributed by atoms with Gasteiger partial charge >= 0.3 is 5.97 Å². The Morgan fingerprint density at radius 3 is 1.20 bits per heavy atom. The third-order valence-corrected chi connectivity index (χ3v) is 13.1. The standard InChI is InChI=1S/C60H111NO5/c1-3-5-7-9-11-13-15-17-29-32-36-40-44-48-52-58(63)57(56-62)61-59(64)53-49-45-41-37-33-30-27-25-23-21-19-18-20-22-24-26-28-31-35-39-43-47-51-55-66-60(65)54-50-46-42-38-34-16-14-12-10-8-6-4-2/h12,14,18,20-21,23,48,52,57-58,62-63H,3-11,13,15-17,19,22,24-47,49-51,53-56H2,1-2H3,(H,61,64)/b14-12-,20-18-,23-21-,52-48+. The Kier molecular flexibility index (Phi) is 53.6. The predicted octanol–water partition coefficient (Wildman–Crippen LogP) is 17.8. The molecule has 66 heavy (non-hydrogen) atoms. The highest BCUT2D eigenvalue weighted by Crippen LogP contribution is 2.15. The average molecular weight is 927 g/mol. The lowest BCUT2D eigenvalue weighted by molar-refractivity contribution is -0.143. The molecule has 2 unspecified atom stereocenters. The minimum atomic E-state index is -0.851. The lowest BCUT2D eigenvalue weighted by Gasteiger charge is -2.20. The van der Waals surface area contributed by atoms with Gasteiger partial charge in [0.05, 0.1) is 25.4 Å². The Morgan fingerprint density at radius 2 is 0.758 bits per heavy atom. The molecule has 0 rings (SSSR count). The molecule has 0 heterocycles. The van der Waals surface area contributed by atoms with Gasteiger partial charge in [-0.25, -0.2) is 0 Å².